The second-order valence-corrected chi connectivity index (χ2v) is 7.74. The van der Waals surface area contributed by atoms with Crippen molar-refractivity contribution in [1.82, 2.24) is 5.43 Å². The third-order valence-electron chi connectivity index (χ3n) is 4.59. The monoisotopic (exact) mass is 492 g/mol. The van der Waals surface area contributed by atoms with E-state index in [1.54, 1.807) is 6.07 Å². The third-order valence-corrected chi connectivity index (χ3v) is 5.18. The SMILES string of the molecule is CCOc1cc(/C=N/NC(=O)c2cc3ccccc3o2)cc(Br)c1OCc1ccccc1. The molecule has 0 unspecified atom stereocenters. The molecule has 7 heteroatoms. The van der Waals surface area contributed by atoms with Crippen molar-refractivity contribution >= 4 is 39.0 Å². The van der Waals surface area contributed by atoms with Crippen molar-refractivity contribution in [3.63, 3.8) is 0 Å². The topological polar surface area (TPSA) is 73.1 Å². The number of benzene rings is 3. The molecule has 0 aliphatic heterocycles. The predicted molar refractivity (Wildman–Crippen MR) is 127 cm³/mol. The first-order chi connectivity index (χ1) is 15.6. The molecule has 0 spiro atoms. The highest BCUT2D eigenvalue weighted by atomic mass is 79.9. The lowest BCUT2D eigenvalue weighted by molar-refractivity contribution is 0.0929. The molecule has 4 aromatic rings. The lowest BCUT2D eigenvalue weighted by atomic mass is 10.2. The van der Waals surface area contributed by atoms with Crippen LogP contribution in [-0.2, 0) is 6.61 Å². The zero-order chi connectivity index (χ0) is 22.3. The first-order valence-electron chi connectivity index (χ1n) is 10.1. The van der Waals surface area contributed by atoms with Crippen LogP contribution >= 0.6 is 15.9 Å². The number of nitrogens with zero attached hydrogens (tertiary/aromatic N) is 1. The van der Waals surface area contributed by atoms with E-state index in [0.29, 0.717) is 30.3 Å². The van der Waals surface area contributed by atoms with E-state index in [2.05, 4.69) is 26.5 Å². The standard InChI is InChI=1S/C25H21BrN2O4/c1-2-30-22-13-18(12-20(26)24(22)31-16-17-8-4-3-5-9-17)15-27-28-25(29)23-14-19-10-6-7-11-21(19)32-23/h3-15H,2,16H2,1H3,(H,28,29)/b27-15+. The molecular formula is C25H21BrN2O4. The summed E-state index contributed by atoms with van der Waals surface area (Å²) in [6.07, 6.45) is 1.54. The Hall–Kier alpha value is -3.58. The van der Waals surface area contributed by atoms with Gasteiger partial charge in [0, 0.05) is 5.39 Å². The van der Waals surface area contributed by atoms with E-state index < -0.39 is 5.91 Å². The molecule has 0 aliphatic carbocycles. The Kier molecular flexibility index (Phi) is 6.87. The average molecular weight is 493 g/mol. The normalized spacial score (nSPS) is 11.1. The van der Waals surface area contributed by atoms with Crippen molar-refractivity contribution in [2.24, 2.45) is 5.10 Å². The van der Waals surface area contributed by atoms with Gasteiger partial charge in [-0.15, -0.1) is 0 Å². The van der Waals surface area contributed by atoms with Gasteiger partial charge < -0.3 is 13.9 Å². The van der Waals surface area contributed by atoms with Gasteiger partial charge in [-0.25, -0.2) is 5.43 Å². The van der Waals surface area contributed by atoms with Crippen LogP contribution in [0.15, 0.2) is 86.8 Å². The number of nitrogens with one attached hydrogen (secondary N) is 1. The predicted octanol–water partition coefficient (Wildman–Crippen LogP) is 5.94. The first-order valence-corrected chi connectivity index (χ1v) is 10.9. The van der Waals surface area contributed by atoms with E-state index in [4.69, 9.17) is 13.9 Å². The van der Waals surface area contributed by atoms with Crippen LogP contribution in [0.1, 0.15) is 28.6 Å². The number of halogens is 1. The molecule has 162 valence electrons. The molecule has 1 amide bonds. The molecule has 6 nitrogen and oxygen atoms in total. The highest BCUT2D eigenvalue weighted by Gasteiger charge is 2.13. The Bertz CT molecular complexity index is 1220. The van der Waals surface area contributed by atoms with Gasteiger partial charge in [0.2, 0.25) is 0 Å². The fraction of sp³-hybridized carbons (Fsp3) is 0.120. The number of hydrazone groups is 1. The van der Waals surface area contributed by atoms with Crippen LogP contribution in [0.2, 0.25) is 0 Å². The smallest absolute Gasteiger partial charge is 0.307 e. The lowest BCUT2D eigenvalue weighted by Crippen LogP contribution is -2.16. The average Bonchev–Trinajstić information content (AvgIpc) is 3.24. The maximum atomic E-state index is 12.3. The summed E-state index contributed by atoms with van der Waals surface area (Å²) in [6, 6.07) is 22.7. The number of ether oxygens (including phenoxy) is 2. The maximum Gasteiger partial charge on any atom is 0.307 e. The first kappa shape index (κ1) is 21.6. The van der Waals surface area contributed by atoms with Crippen LogP contribution in [-0.4, -0.2) is 18.7 Å². The highest BCUT2D eigenvalue weighted by molar-refractivity contribution is 9.10. The Morgan fingerprint density at radius 1 is 1.06 bits per heavy atom. The quantitative estimate of drug-likeness (QED) is 0.244. The van der Waals surface area contributed by atoms with Gasteiger partial charge in [0.05, 0.1) is 17.3 Å². The molecule has 3 aromatic carbocycles. The molecule has 0 bridgehead atoms. The molecule has 1 N–H and O–H groups in total. The minimum Gasteiger partial charge on any atom is -0.490 e. The molecule has 0 saturated heterocycles. The third kappa shape index (κ3) is 5.18. The second kappa shape index (κ2) is 10.2. The van der Waals surface area contributed by atoms with Crippen LogP contribution < -0.4 is 14.9 Å². The van der Waals surface area contributed by atoms with Crippen LogP contribution in [0.3, 0.4) is 0 Å². The zero-order valence-electron chi connectivity index (χ0n) is 17.4. The van der Waals surface area contributed by atoms with Gasteiger partial charge in [0.25, 0.3) is 0 Å². The lowest BCUT2D eigenvalue weighted by Gasteiger charge is -2.14. The Labute approximate surface area is 194 Å². The van der Waals surface area contributed by atoms with Crippen molar-refractivity contribution in [3.05, 3.63) is 94.2 Å². The summed E-state index contributed by atoms with van der Waals surface area (Å²) in [7, 11) is 0. The molecular weight excluding hydrogens is 472 g/mol. The molecule has 0 aliphatic rings. The van der Waals surface area contributed by atoms with Crippen molar-refractivity contribution in [1.29, 1.82) is 0 Å². The fourth-order valence-electron chi connectivity index (χ4n) is 3.11. The van der Waals surface area contributed by atoms with Crippen molar-refractivity contribution in [3.8, 4) is 11.5 Å². The van der Waals surface area contributed by atoms with Crippen LogP contribution in [0.25, 0.3) is 11.0 Å². The van der Waals surface area contributed by atoms with E-state index in [1.807, 2.05) is 73.7 Å². The fourth-order valence-corrected chi connectivity index (χ4v) is 3.68. The summed E-state index contributed by atoms with van der Waals surface area (Å²) in [6.45, 7) is 2.81. The largest absolute Gasteiger partial charge is 0.490 e. The molecule has 0 saturated carbocycles. The molecule has 1 heterocycles. The minimum atomic E-state index is -0.427. The van der Waals surface area contributed by atoms with Gasteiger partial charge in [-0.3, -0.25) is 4.79 Å². The zero-order valence-corrected chi connectivity index (χ0v) is 19.0. The number of fused-ring (bicyclic) bond motifs is 1. The highest BCUT2D eigenvalue weighted by Crippen LogP contribution is 2.37. The number of carbonyl (C=O) groups excluding carboxylic acids is 1. The van der Waals surface area contributed by atoms with Gasteiger partial charge >= 0.3 is 5.91 Å². The maximum absolute atomic E-state index is 12.3. The van der Waals surface area contributed by atoms with Crippen molar-refractivity contribution in [2.75, 3.05) is 6.61 Å². The van der Waals surface area contributed by atoms with E-state index in [9.17, 15) is 4.79 Å². The molecule has 4 rings (SSSR count). The van der Waals surface area contributed by atoms with Crippen molar-refractivity contribution < 1.29 is 18.7 Å². The van der Waals surface area contributed by atoms with Gasteiger partial charge in [-0.1, -0.05) is 48.5 Å². The summed E-state index contributed by atoms with van der Waals surface area (Å²) in [4.78, 5) is 12.3. The number of rotatable bonds is 8. The van der Waals surface area contributed by atoms with Gasteiger partial charge in [-0.05, 0) is 58.2 Å². The van der Waals surface area contributed by atoms with E-state index in [-0.39, 0.29) is 5.76 Å². The second-order valence-electron chi connectivity index (χ2n) is 6.88. The number of carbonyl (C=O) groups is 1. The Balaban J connectivity index is 1.46. The molecule has 0 fully saturated rings. The van der Waals surface area contributed by atoms with E-state index >= 15 is 0 Å². The Morgan fingerprint density at radius 3 is 2.62 bits per heavy atom. The summed E-state index contributed by atoms with van der Waals surface area (Å²) >= 11 is 3.55. The number of hydrogen-bond donors (Lipinski definition) is 1. The summed E-state index contributed by atoms with van der Waals surface area (Å²) < 4.78 is 18.0. The van der Waals surface area contributed by atoms with Crippen LogP contribution in [0.5, 0.6) is 11.5 Å². The van der Waals surface area contributed by atoms with Gasteiger partial charge in [0.15, 0.2) is 17.3 Å². The molecule has 0 radical (unpaired) electrons. The van der Waals surface area contributed by atoms with Gasteiger partial charge in [-0.2, -0.15) is 5.10 Å². The van der Waals surface area contributed by atoms with Crippen LogP contribution in [0, 0.1) is 0 Å². The molecule has 1 aromatic heterocycles. The molecule has 0 atom stereocenters. The summed E-state index contributed by atoms with van der Waals surface area (Å²) in [5.74, 6) is 0.968. The number of hydrogen-bond acceptors (Lipinski definition) is 5. The molecule has 32 heavy (non-hydrogen) atoms. The number of para-hydroxylation sites is 1. The number of furan rings is 1. The van der Waals surface area contributed by atoms with Crippen molar-refractivity contribution in [2.45, 2.75) is 13.5 Å². The minimum absolute atomic E-state index is 0.198. The van der Waals surface area contributed by atoms with Crippen LogP contribution in [0.4, 0.5) is 0 Å². The Morgan fingerprint density at radius 2 is 1.84 bits per heavy atom. The van der Waals surface area contributed by atoms with E-state index in [1.165, 1.54) is 6.21 Å². The van der Waals surface area contributed by atoms with Gasteiger partial charge in [0.1, 0.15) is 12.2 Å². The summed E-state index contributed by atoms with van der Waals surface area (Å²) in [5, 5.41) is 4.91. The summed E-state index contributed by atoms with van der Waals surface area (Å²) in [5.41, 5.74) is 4.93. The van der Waals surface area contributed by atoms with E-state index in [0.717, 1.165) is 21.0 Å². The number of amides is 1.